The standard InChI is InChI=1S/C20H13Cl2N3O2S/c21-17-9-4-13(11-18(17)22)23-20-25-24-19(28-20)12-2-1-3-16(10-12)27-15-7-5-14(26)6-8-15/h1-11,26H,(H,23,25). The molecule has 0 saturated carbocycles. The number of benzene rings is 3. The molecule has 0 aliphatic heterocycles. The summed E-state index contributed by atoms with van der Waals surface area (Å²) in [6.07, 6.45) is 0. The summed E-state index contributed by atoms with van der Waals surface area (Å²) in [4.78, 5) is 0. The number of hydrogen-bond acceptors (Lipinski definition) is 6. The van der Waals surface area contributed by atoms with Crippen LogP contribution in [0.4, 0.5) is 10.8 Å². The van der Waals surface area contributed by atoms with Gasteiger partial charge >= 0.3 is 0 Å². The van der Waals surface area contributed by atoms with Crippen molar-refractivity contribution in [3.63, 3.8) is 0 Å². The fourth-order valence-corrected chi connectivity index (χ4v) is 3.49. The van der Waals surface area contributed by atoms with Crippen LogP contribution in [0.2, 0.25) is 10.0 Å². The Kier molecular flexibility index (Phi) is 5.34. The molecule has 5 nitrogen and oxygen atoms in total. The van der Waals surface area contributed by atoms with Crippen molar-refractivity contribution in [2.75, 3.05) is 5.32 Å². The number of nitrogens with one attached hydrogen (secondary N) is 1. The lowest BCUT2D eigenvalue weighted by atomic mass is 10.2. The first-order valence-corrected chi connectivity index (χ1v) is 9.77. The second-order valence-corrected chi connectivity index (χ2v) is 7.58. The minimum absolute atomic E-state index is 0.192. The predicted octanol–water partition coefficient (Wildman–Crippen LogP) is 6.75. The van der Waals surface area contributed by atoms with E-state index in [9.17, 15) is 5.11 Å². The predicted molar refractivity (Wildman–Crippen MR) is 113 cm³/mol. The van der Waals surface area contributed by atoms with Crippen LogP contribution in [0.3, 0.4) is 0 Å². The Bertz CT molecular complexity index is 1120. The third kappa shape index (κ3) is 4.36. The summed E-state index contributed by atoms with van der Waals surface area (Å²) < 4.78 is 5.82. The van der Waals surface area contributed by atoms with E-state index >= 15 is 0 Å². The summed E-state index contributed by atoms with van der Waals surface area (Å²) >= 11 is 13.4. The summed E-state index contributed by atoms with van der Waals surface area (Å²) in [5, 5.41) is 23.3. The molecule has 8 heteroatoms. The molecule has 0 bridgehead atoms. The molecule has 0 radical (unpaired) electrons. The van der Waals surface area contributed by atoms with E-state index in [2.05, 4.69) is 15.5 Å². The zero-order chi connectivity index (χ0) is 19.5. The molecule has 4 aromatic rings. The maximum atomic E-state index is 9.36. The van der Waals surface area contributed by atoms with Crippen LogP contribution in [0.15, 0.2) is 66.7 Å². The van der Waals surface area contributed by atoms with Crippen LogP contribution in [0.1, 0.15) is 0 Å². The van der Waals surface area contributed by atoms with Gasteiger partial charge < -0.3 is 15.2 Å². The van der Waals surface area contributed by atoms with Crippen LogP contribution in [-0.4, -0.2) is 15.3 Å². The van der Waals surface area contributed by atoms with Gasteiger partial charge in [-0.2, -0.15) is 0 Å². The Morgan fingerprint density at radius 2 is 1.68 bits per heavy atom. The normalized spacial score (nSPS) is 10.6. The van der Waals surface area contributed by atoms with Gasteiger partial charge in [0.05, 0.1) is 10.0 Å². The van der Waals surface area contributed by atoms with E-state index in [0.717, 1.165) is 16.3 Å². The van der Waals surface area contributed by atoms with Crippen molar-refractivity contribution >= 4 is 45.4 Å². The first-order chi connectivity index (χ1) is 13.6. The fraction of sp³-hybridized carbons (Fsp3) is 0. The molecular weight excluding hydrogens is 417 g/mol. The molecule has 4 rings (SSSR count). The van der Waals surface area contributed by atoms with Gasteiger partial charge in [0.1, 0.15) is 22.3 Å². The SMILES string of the molecule is Oc1ccc(Oc2cccc(-c3nnc(Nc4ccc(Cl)c(Cl)c4)s3)c2)cc1. The molecular formula is C20H13Cl2N3O2S. The third-order valence-electron chi connectivity index (χ3n) is 3.75. The molecule has 0 aliphatic rings. The number of hydrogen-bond donors (Lipinski definition) is 2. The average Bonchev–Trinajstić information content (AvgIpc) is 3.15. The van der Waals surface area contributed by atoms with Crippen LogP contribution in [0.25, 0.3) is 10.6 Å². The highest BCUT2D eigenvalue weighted by Gasteiger charge is 2.09. The van der Waals surface area contributed by atoms with Crippen molar-refractivity contribution in [3.05, 3.63) is 76.8 Å². The number of anilines is 2. The van der Waals surface area contributed by atoms with Gasteiger partial charge in [-0.25, -0.2) is 0 Å². The molecule has 0 amide bonds. The quantitative estimate of drug-likeness (QED) is 0.367. The molecule has 140 valence electrons. The van der Waals surface area contributed by atoms with Crippen molar-refractivity contribution in [1.29, 1.82) is 0 Å². The second-order valence-electron chi connectivity index (χ2n) is 5.79. The minimum Gasteiger partial charge on any atom is -0.508 e. The molecule has 0 fully saturated rings. The van der Waals surface area contributed by atoms with Gasteiger partial charge in [-0.05, 0) is 54.6 Å². The number of ether oxygens (including phenoxy) is 1. The van der Waals surface area contributed by atoms with E-state index in [1.165, 1.54) is 11.3 Å². The topological polar surface area (TPSA) is 67.3 Å². The Balaban J connectivity index is 1.51. The molecule has 0 spiro atoms. The van der Waals surface area contributed by atoms with Crippen molar-refractivity contribution in [2.24, 2.45) is 0 Å². The summed E-state index contributed by atoms with van der Waals surface area (Å²) in [5.41, 5.74) is 1.66. The van der Waals surface area contributed by atoms with Crippen molar-refractivity contribution < 1.29 is 9.84 Å². The van der Waals surface area contributed by atoms with Crippen molar-refractivity contribution in [3.8, 4) is 27.8 Å². The van der Waals surface area contributed by atoms with Gasteiger partial charge in [0.25, 0.3) is 0 Å². The summed E-state index contributed by atoms with van der Waals surface area (Å²) in [6, 6.07) is 19.4. The lowest BCUT2D eigenvalue weighted by Gasteiger charge is -2.06. The number of phenols is 1. The van der Waals surface area contributed by atoms with E-state index in [1.54, 1.807) is 36.4 Å². The van der Waals surface area contributed by atoms with Crippen LogP contribution in [0.5, 0.6) is 17.2 Å². The summed E-state index contributed by atoms with van der Waals surface area (Å²) in [6.45, 7) is 0. The van der Waals surface area contributed by atoms with E-state index in [0.29, 0.717) is 26.7 Å². The Hall–Kier alpha value is -2.80. The number of rotatable bonds is 5. The molecule has 2 N–H and O–H groups in total. The van der Waals surface area contributed by atoms with E-state index in [4.69, 9.17) is 27.9 Å². The zero-order valence-corrected chi connectivity index (χ0v) is 16.6. The first kappa shape index (κ1) is 18.6. The maximum Gasteiger partial charge on any atom is 0.210 e. The minimum atomic E-state index is 0.192. The highest BCUT2D eigenvalue weighted by molar-refractivity contribution is 7.18. The second kappa shape index (κ2) is 8.06. The Morgan fingerprint density at radius 3 is 2.46 bits per heavy atom. The fourth-order valence-electron chi connectivity index (χ4n) is 2.43. The van der Waals surface area contributed by atoms with Crippen LogP contribution < -0.4 is 10.1 Å². The lowest BCUT2D eigenvalue weighted by Crippen LogP contribution is -1.89. The van der Waals surface area contributed by atoms with Crippen molar-refractivity contribution in [2.45, 2.75) is 0 Å². The number of phenolic OH excluding ortho intramolecular Hbond substituents is 1. The summed E-state index contributed by atoms with van der Waals surface area (Å²) in [5.74, 6) is 1.49. The monoisotopic (exact) mass is 429 g/mol. The molecule has 0 unspecified atom stereocenters. The van der Waals surface area contributed by atoms with E-state index in [-0.39, 0.29) is 5.75 Å². The average molecular weight is 430 g/mol. The third-order valence-corrected chi connectivity index (χ3v) is 5.38. The first-order valence-electron chi connectivity index (χ1n) is 8.20. The molecule has 0 aliphatic carbocycles. The van der Waals surface area contributed by atoms with Crippen LogP contribution >= 0.6 is 34.5 Å². The smallest absolute Gasteiger partial charge is 0.210 e. The molecule has 1 heterocycles. The number of nitrogens with zero attached hydrogens (tertiary/aromatic N) is 2. The molecule has 28 heavy (non-hydrogen) atoms. The molecule has 3 aromatic carbocycles. The lowest BCUT2D eigenvalue weighted by molar-refractivity contribution is 0.464. The van der Waals surface area contributed by atoms with Gasteiger partial charge in [0.15, 0.2) is 0 Å². The molecule has 0 atom stereocenters. The number of halogens is 2. The number of aromatic nitrogens is 2. The van der Waals surface area contributed by atoms with E-state index in [1.807, 2.05) is 30.3 Å². The van der Waals surface area contributed by atoms with Crippen LogP contribution in [-0.2, 0) is 0 Å². The highest BCUT2D eigenvalue weighted by Crippen LogP contribution is 2.33. The largest absolute Gasteiger partial charge is 0.508 e. The van der Waals surface area contributed by atoms with Gasteiger partial charge in [0, 0.05) is 11.3 Å². The Labute approximate surface area is 175 Å². The molecule has 1 aromatic heterocycles. The zero-order valence-electron chi connectivity index (χ0n) is 14.3. The van der Waals surface area contributed by atoms with E-state index < -0.39 is 0 Å². The Morgan fingerprint density at radius 1 is 0.857 bits per heavy atom. The van der Waals surface area contributed by atoms with Gasteiger partial charge in [0.2, 0.25) is 5.13 Å². The van der Waals surface area contributed by atoms with Gasteiger partial charge in [-0.15, -0.1) is 10.2 Å². The maximum absolute atomic E-state index is 9.36. The molecule has 0 saturated heterocycles. The van der Waals surface area contributed by atoms with Gasteiger partial charge in [-0.3, -0.25) is 0 Å². The van der Waals surface area contributed by atoms with Gasteiger partial charge in [-0.1, -0.05) is 46.7 Å². The van der Waals surface area contributed by atoms with Crippen molar-refractivity contribution in [1.82, 2.24) is 10.2 Å². The summed E-state index contributed by atoms with van der Waals surface area (Å²) in [7, 11) is 0. The number of aromatic hydroxyl groups is 1. The highest BCUT2D eigenvalue weighted by atomic mass is 35.5. The van der Waals surface area contributed by atoms with Crippen LogP contribution in [0, 0.1) is 0 Å².